The van der Waals surface area contributed by atoms with Crippen LogP contribution in [0.15, 0.2) is 29.6 Å². The predicted molar refractivity (Wildman–Crippen MR) is 108 cm³/mol. The maximum atomic E-state index is 12.6. The quantitative estimate of drug-likeness (QED) is 0.793. The molecule has 0 aliphatic carbocycles. The maximum absolute atomic E-state index is 12.6. The highest BCUT2D eigenvalue weighted by Crippen LogP contribution is 2.31. The molecular weight excluding hydrogens is 382 g/mol. The first-order chi connectivity index (χ1) is 13.1. The van der Waals surface area contributed by atoms with Crippen molar-refractivity contribution < 1.29 is 9.59 Å². The smallest absolute Gasteiger partial charge is 0.253 e. The zero-order chi connectivity index (χ0) is 19.2. The second-order valence-electron chi connectivity index (χ2n) is 6.71. The van der Waals surface area contributed by atoms with Crippen molar-refractivity contribution in [3.8, 4) is 0 Å². The fourth-order valence-corrected chi connectivity index (χ4v) is 4.43. The Kier molecular flexibility index (Phi) is 6.85. The molecule has 2 aromatic rings. The lowest BCUT2D eigenvalue weighted by Crippen LogP contribution is -2.37. The lowest BCUT2D eigenvalue weighted by molar-refractivity contribution is -0.120. The number of carbonyl (C=O) groups is 2. The second kappa shape index (κ2) is 9.33. The summed E-state index contributed by atoms with van der Waals surface area (Å²) in [7, 11) is 0. The highest BCUT2D eigenvalue weighted by molar-refractivity contribution is 7.09. The van der Waals surface area contributed by atoms with Gasteiger partial charge in [0.25, 0.3) is 5.91 Å². The van der Waals surface area contributed by atoms with Gasteiger partial charge in [-0.3, -0.25) is 9.59 Å². The summed E-state index contributed by atoms with van der Waals surface area (Å²) >= 11 is 7.68. The Morgan fingerprint density at radius 2 is 2.11 bits per heavy atom. The summed E-state index contributed by atoms with van der Waals surface area (Å²) < 4.78 is 0. The van der Waals surface area contributed by atoms with Gasteiger partial charge in [-0.2, -0.15) is 0 Å². The van der Waals surface area contributed by atoms with Crippen molar-refractivity contribution in [3.05, 3.63) is 50.9 Å². The van der Waals surface area contributed by atoms with E-state index in [-0.39, 0.29) is 11.8 Å². The van der Waals surface area contributed by atoms with Crippen LogP contribution in [0.5, 0.6) is 0 Å². The minimum atomic E-state index is 0.0439. The topological polar surface area (TPSA) is 62.3 Å². The maximum Gasteiger partial charge on any atom is 0.253 e. The number of rotatable bonds is 6. The number of piperidine rings is 1. The third-order valence-corrected chi connectivity index (χ3v) is 6.09. The van der Waals surface area contributed by atoms with Gasteiger partial charge in [0.05, 0.1) is 10.7 Å². The van der Waals surface area contributed by atoms with Crippen molar-refractivity contribution in [1.29, 1.82) is 0 Å². The van der Waals surface area contributed by atoms with E-state index < -0.39 is 0 Å². The third-order valence-electron chi connectivity index (χ3n) is 4.80. The number of benzene rings is 1. The lowest BCUT2D eigenvalue weighted by atomic mass is 9.97. The average molecular weight is 406 g/mol. The number of nitrogens with one attached hydrogen (secondary N) is 1. The van der Waals surface area contributed by atoms with Gasteiger partial charge in [-0.25, -0.2) is 4.98 Å². The SMILES string of the molecule is CCC(=O)NCCc1csc(C2CCN(C(=O)c3cccc(Cl)c3)CC2)n1. The molecule has 0 unspecified atom stereocenters. The van der Waals surface area contributed by atoms with Crippen LogP contribution in [0.1, 0.15) is 53.2 Å². The highest BCUT2D eigenvalue weighted by Gasteiger charge is 2.26. The molecule has 0 bridgehead atoms. The molecule has 1 saturated heterocycles. The van der Waals surface area contributed by atoms with Crippen molar-refractivity contribution >= 4 is 34.8 Å². The number of aromatic nitrogens is 1. The van der Waals surface area contributed by atoms with Crippen LogP contribution in [0.3, 0.4) is 0 Å². The summed E-state index contributed by atoms with van der Waals surface area (Å²) in [4.78, 5) is 30.6. The monoisotopic (exact) mass is 405 g/mol. The first kappa shape index (κ1) is 19.8. The number of thiazole rings is 1. The zero-order valence-electron chi connectivity index (χ0n) is 15.4. The summed E-state index contributed by atoms with van der Waals surface area (Å²) in [6.07, 6.45) is 3.11. The number of amides is 2. The number of hydrogen-bond donors (Lipinski definition) is 1. The molecule has 0 spiro atoms. The molecule has 0 atom stereocenters. The molecule has 7 heteroatoms. The van der Waals surface area contributed by atoms with Gasteiger partial charge in [-0.1, -0.05) is 24.6 Å². The molecule has 5 nitrogen and oxygen atoms in total. The van der Waals surface area contributed by atoms with Crippen LogP contribution >= 0.6 is 22.9 Å². The summed E-state index contributed by atoms with van der Waals surface area (Å²) in [5.41, 5.74) is 1.68. The summed E-state index contributed by atoms with van der Waals surface area (Å²) in [6.45, 7) is 3.94. The summed E-state index contributed by atoms with van der Waals surface area (Å²) in [5, 5.41) is 6.68. The normalized spacial score (nSPS) is 15.0. The zero-order valence-corrected chi connectivity index (χ0v) is 17.0. The van der Waals surface area contributed by atoms with E-state index in [4.69, 9.17) is 16.6 Å². The largest absolute Gasteiger partial charge is 0.356 e. The van der Waals surface area contributed by atoms with Crippen molar-refractivity contribution in [3.63, 3.8) is 0 Å². The van der Waals surface area contributed by atoms with Crippen LogP contribution < -0.4 is 5.32 Å². The standard InChI is InChI=1S/C20H24ClN3O2S/c1-2-18(25)22-9-6-17-13-27-19(23-17)14-7-10-24(11-8-14)20(26)15-4-3-5-16(21)12-15/h3-5,12-14H,2,6-11H2,1H3,(H,22,25). The number of nitrogens with zero attached hydrogens (tertiary/aromatic N) is 2. The molecule has 2 amide bonds. The van der Waals surface area contributed by atoms with Gasteiger partial charge in [0.1, 0.15) is 0 Å². The average Bonchev–Trinajstić information content (AvgIpc) is 3.16. The first-order valence-electron chi connectivity index (χ1n) is 9.32. The Hall–Kier alpha value is -1.92. The predicted octanol–water partition coefficient (Wildman–Crippen LogP) is 3.89. The van der Waals surface area contributed by atoms with Crippen molar-refractivity contribution in [1.82, 2.24) is 15.2 Å². The molecule has 1 N–H and O–H groups in total. The Morgan fingerprint density at radius 1 is 1.33 bits per heavy atom. The molecule has 27 heavy (non-hydrogen) atoms. The number of halogens is 1. The second-order valence-corrected chi connectivity index (χ2v) is 8.03. The van der Waals surface area contributed by atoms with Gasteiger partial charge in [-0.15, -0.1) is 11.3 Å². The summed E-state index contributed by atoms with van der Waals surface area (Å²) in [6, 6.07) is 7.12. The van der Waals surface area contributed by atoms with E-state index in [0.717, 1.165) is 43.1 Å². The van der Waals surface area contributed by atoms with E-state index in [2.05, 4.69) is 10.7 Å². The van der Waals surface area contributed by atoms with E-state index in [1.54, 1.807) is 23.5 Å². The van der Waals surface area contributed by atoms with Crippen LogP contribution in [-0.4, -0.2) is 41.3 Å². The van der Waals surface area contributed by atoms with Crippen molar-refractivity contribution in [2.45, 2.75) is 38.5 Å². The number of hydrogen-bond acceptors (Lipinski definition) is 4. The number of carbonyl (C=O) groups excluding carboxylic acids is 2. The fourth-order valence-electron chi connectivity index (χ4n) is 3.21. The van der Waals surface area contributed by atoms with Gasteiger partial charge in [0.2, 0.25) is 5.91 Å². The Balaban J connectivity index is 1.50. The molecule has 3 rings (SSSR count). The van der Waals surface area contributed by atoms with Crippen LogP contribution in [0, 0.1) is 0 Å². The van der Waals surface area contributed by atoms with Gasteiger partial charge in [0.15, 0.2) is 0 Å². The van der Waals surface area contributed by atoms with Crippen LogP contribution in [0.2, 0.25) is 5.02 Å². The van der Waals surface area contributed by atoms with Crippen molar-refractivity contribution in [2.24, 2.45) is 0 Å². The molecule has 1 aromatic heterocycles. The van der Waals surface area contributed by atoms with Gasteiger partial charge in [0, 0.05) is 54.4 Å². The molecule has 0 radical (unpaired) electrons. The van der Waals surface area contributed by atoms with E-state index in [9.17, 15) is 9.59 Å². The molecule has 144 valence electrons. The van der Waals surface area contributed by atoms with Gasteiger partial charge in [-0.05, 0) is 31.0 Å². The van der Waals surface area contributed by atoms with E-state index in [0.29, 0.717) is 29.5 Å². The molecule has 1 aliphatic rings. The fraction of sp³-hybridized carbons (Fsp3) is 0.450. The highest BCUT2D eigenvalue weighted by atomic mass is 35.5. The Morgan fingerprint density at radius 3 is 2.81 bits per heavy atom. The Bertz CT molecular complexity index is 800. The van der Waals surface area contributed by atoms with E-state index >= 15 is 0 Å². The molecular formula is C20H24ClN3O2S. The molecule has 0 saturated carbocycles. The lowest BCUT2D eigenvalue weighted by Gasteiger charge is -2.31. The minimum absolute atomic E-state index is 0.0439. The van der Waals surface area contributed by atoms with Gasteiger partial charge >= 0.3 is 0 Å². The molecule has 2 heterocycles. The summed E-state index contributed by atoms with van der Waals surface area (Å²) in [5.74, 6) is 0.516. The van der Waals surface area contributed by atoms with E-state index in [1.807, 2.05) is 24.0 Å². The third kappa shape index (κ3) is 5.30. The minimum Gasteiger partial charge on any atom is -0.356 e. The molecule has 1 aromatic carbocycles. The van der Waals surface area contributed by atoms with Gasteiger partial charge < -0.3 is 10.2 Å². The Labute approximate surface area is 168 Å². The van der Waals surface area contributed by atoms with Crippen LogP contribution in [0.25, 0.3) is 0 Å². The first-order valence-corrected chi connectivity index (χ1v) is 10.6. The molecule has 1 fully saturated rings. The van der Waals surface area contributed by atoms with Crippen LogP contribution in [-0.2, 0) is 11.2 Å². The van der Waals surface area contributed by atoms with Crippen LogP contribution in [0.4, 0.5) is 0 Å². The number of likely N-dealkylation sites (tertiary alicyclic amines) is 1. The van der Waals surface area contributed by atoms with Crippen molar-refractivity contribution in [2.75, 3.05) is 19.6 Å². The van der Waals surface area contributed by atoms with E-state index in [1.165, 1.54) is 0 Å². The molecule has 1 aliphatic heterocycles.